The maximum absolute atomic E-state index is 11.7. The van der Waals surface area contributed by atoms with E-state index in [1.165, 1.54) is 0 Å². The van der Waals surface area contributed by atoms with E-state index in [1.54, 1.807) is 0 Å². The molecular weight excluding hydrogens is 256 g/mol. The number of aliphatic carboxylic acids is 1. The summed E-state index contributed by atoms with van der Waals surface area (Å²) in [5, 5.41) is 11.4. The van der Waals surface area contributed by atoms with Gasteiger partial charge in [0.2, 0.25) is 5.91 Å². The van der Waals surface area contributed by atoms with Gasteiger partial charge in [-0.05, 0) is 26.1 Å². The number of nitrogens with one attached hydrogen (secondary N) is 1. The van der Waals surface area contributed by atoms with Crippen LogP contribution in [0.3, 0.4) is 0 Å². The van der Waals surface area contributed by atoms with E-state index in [0.29, 0.717) is 13.0 Å². The fraction of sp³-hybridized carbons (Fsp3) is 0.467. The van der Waals surface area contributed by atoms with Crippen LogP contribution in [-0.4, -0.2) is 42.5 Å². The first-order valence-electron chi connectivity index (χ1n) is 6.70. The van der Waals surface area contributed by atoms with Gasteiger partial charge < -0.3 is 15.3 Å². The lowest BCUT2D eigenvalue weighted by molar-refractivity contribution is -0.137. The number of hydrogen-bond acceptors (Lipinski definition) is 3. The zero-order chi connectivity index (χ0) is 15.0. The summed E-state index contributed by atoms with van der Waals surface area (Å²) in [5.74, 6) is -0.970. The van der Waals surface area contributed by atoms with Crippen molar-refractivity contribution in [3.63, 3.8) is 0 Å². The second-order valence-corrected chi connectivity index (χ2v) is 4.94. The Labute approximate surface area is 119 Å². The number of nitrogens with zero attached hydrogens (tertiary/aromatic N) is 1. The van der Waals surface area contributed by atoms with Gasteiger partial charge in [-0.1, -0.05) is 30.3 Å². The highest BCUT2D eigenvalue weighted by atomic mass is 16.4. The average molecular weight is 278 g/mol. The number of carbonyl (C=O) groups is 2. The minimum Gasteiger partial charge on any atom is -0.481 e. The Bertz CT molecular complexity index is 432. The van der Waals surface area contributed by atoms with E-state index in [9.17, 15) is 9.59 Å². The minimum atomic E-state index is -0.867. The van der Waals surface area contributed by atoms with Gasteiger partial charge in [-0.3, -0.25) is 9.59 Å². The number of rotatable bonds is 8. The SMILES string of the molecule is CN(C)C(CNC(=O)CCCC(=O)O)c1ccccc1. The molecule has 0 aliphatic carbocycles. The molecule has 0 saturated heterocycles. The van der Waals surface area contributed by atoms with Crippen molar-refractivity contribution in [3.8, 4) is 0 Å². The number of hydrogen-bond donors (Lipinski definition) is 2. The molecule has 1 atom stereocenters. The van der Waals surface area contributed by atoms with E-state index >= 15 is 0 Å². The fourth-order valence-corrected chi connectivity index (χ4v) is 1.97. The molecule has 0 heterocycles. The molecule has 1 aromatic carbocycles. The van der Waals surface area contributed by atoms with Crippen molar-refractivity contribution in [2.45, 2.75) is 25.3 Å². The van der Waals surface area contributed by atoms with Gasteiger partial charge in [-0.15, -0.1) is 0 Å². The van der Waals surface area contributed by atoms with Crippen LogP contribution in [0, 0.1) is 0 Å². The molecule has 0 fully saturated rings. The van der Waals surface area contributed by atoms with Crippen LogP contribution in [0.15, 0.2) is 30.3 Å². The lowest BCUT2D eigenvalue weighted by Gasteiger charge is -2.25. The van der Waals surface area contributed by atoms with E-state index in [2.05, 4.69) is 5.32 Å². The Balaban J connectivity index is 2.44. The van der Waals surface area contributed by atoms with Crippen molar-refractivity contribution < 1.29 is 14.7 Å². The van der Waals surface area contributed by atoms with Gasteiger partial charge in [0.1, 0.15) is 0 Å². The molecule has 1 aromatic rings. The predicted octanol–water partition coefficient (Wildman–Crippen LogP) is 1.66. The van der Waals surface area contributed by atoms with Gasteiger partial charge in [0.15, 0.2) is 0 Å². The van der Waals surface area contributed by atoms with E-state index in [1.807, 2.05) is 49.3 Å². The lowest BCUT2D eigenvalue weighted by Crippen LogP contribution is -2.34. The van der Waals surface area contributed by atoms with Crippen molar-refractivity contribution in [2.75, 3.05) is 20.6 Å². The smallest absolute Gasteiger partial charge is 0.303 e. The molecule has 20 heavy (non-hydrogen) atoms. The molecule has 0 aliphatic heterocycles. The lowest BCUT2D eigenvalue weighted by atomic mass is 10.1. The third-order valence-corrected chi connectivity index (χ3v) is 3.09. The summed E-state index contributed by atoms with van der Waals surface area (Å²) in [5.41, 5.74) is 1.14. The van der Waals surface area contributed by atoms with Gasteiger partial charge in [0.25, 0.3) is 0 Å². The molecule has 0 radical (unpaired) electrons. The Kier molecular flexibility index (Phi) is 6.73. The van der Waals surface area contributed by atoms with Crippen LogP contribution in [0.2, 0.25) is 0 Å². The Morgan fingerprint density at radius 1 is 1.20 bits per heavy atom. The fourth-order valence-electron chi connectivity index (χ4n) is 1.97. The summed E-state index contributed by atoms with van der Waals surface area (Å²) in [7, 11) is 3.93. The summed E-state index contributed by atoms with van der Waals surface area (Å²) >= 11 is 0. The largest absolute Gasteiger partial charge is 0.481 e. The van der Waals surface area contributed by atoms with Crippen molar-refractivity contribution in [1.82, 2.24) is 10.2 Å². The number of likely N-dealkylation sites (N-methyl/N-ethyl adjacent to an activating group) is 1. The zero-order valence-electron chi connectivity index (χ0n) is 12.0. The number of carboxylic acid groups (broad SMARTS) is 1. The van der Waals surface area contributed by atoms with Gasteiger partial charge in [-0.2, -0.15) is 0 Å². The maximum atomic E-state index is 11.7. The number of carbonyl (C=O) groups excluding carboxylic acids is 1. The van der Waals surface area contributed by atoms with Gasteiger partial charge in [0, 0.05) is 19.4 Å². The van der Waals surface area contributed by atoms with E-state index in [4.69, 9.17) is 5.11 Å². The average Bonchev–Trinajstić information content (AvgIpc) is 2.39. The van der Waals surface area contributed by atoms with Crippen LogP contribution >= 0.6 is 0 Å². The molecule has 5 heteroatoms. The molecule has 0 bridgehead atoms. The molecule has 1 unspecified atom stereocenters. The molecule has 1 rings (SSSR count). The van der Waals surface area contributed by atoms with Crippen molar-refractivity contribution in [3.05, 3.63) is 35.9 Å². The first-order chi connectivity index (χ1) is 9.50. The Morgan fingerprint density at radius 2 is 1.85 bits per heavy atom. The van der Waals surface area contributed by atoms with Gasteiger partial charge in [0.05, 0.1) is 6.04 Å². The molecule has 0 saturated carbocycles. The second kappa shape index (κ2) is 8.32. The first-order valence-corrected chi connectivity index (χ1v) is 6.70. The van der Waals surface area contributed by atoms with Gasteiger partial charge >= 0.3 is 5.97 Å². The van der Waals surface area contributed by atoms with Crippen LogP contribution in [0.5, 0.6) is 0 Å². The first kappa shape index (κ1) is 16.2. The number of amides is 1. The third kappa shape index (κ3) is 5.84. The third-order valence-electron chi connectivity index (χ3n) is 3.09. The standard InChI is InChI=1S/C15H22N2O3/c1-17(2)13(12-7-4-3-5-8-12)11-16-14(18)9-6-10-15(19)20/h3-5,7-8,13H,6,9-11H2,1-2H3,(H,16,18)(H,19,20). The van der Waals surface area contributed by atoms with Crippen molar-refractivity contribution >= 4 is 11.9 Å². The number of carboxylic acids is 1. The van der Waals surface area contributed by atoms with Crippen LogP contribution in [0.25, 0.3) is 0 Å². The van der Waals surface area contributed by atoms with Gasteiger partial charge in [-0.25, -0.2) is 0 Å². The van der Waals surface area contributed by atoms with Crippen LogP contribution in [0.4, 0.5) is 0 Å². The normalized spacial score (nSPS) is 12.2. The molecule has 0 aromatic heterocycles. The molecule has 2 N–H and O–H groups in total. The predicted molar refractivity (Wildman–Crippen MR) is 77.4 cm³/mol. The van der Waals surface area contributed by atoms with Crippen molar-refractivity contribution in [2.24, 2.45) is 0 Å². The molecular formula is C15H22N2O3. The molecule has 110 valence electrons. The summed E-state index contributed by atoms with van der Waals surface area (Å²) < 4.78 is 0. The van der Waals surface area contributed by atoms with Crippen molar-refractivity contribution in [1.29, 1.82) is 0 Å². The summed E-state index contributed by atoms with van der Waals surface area (Å²) in [6, 6.07) is 10.1. The van der Waals surface area contributed by atoms with E-state index < -0.39 is 5.97 Å². The Hall–Kier alpha value is -1.88. The minimum absolute atomic E-state index is 0.0310. The highest BCUT2D eigenvalue weighted by molar-refractivity contribution is 5.76. The molecule has 0 aliphatic rings. The molecule has 5 nitrogen and oxygen atoms in total. The Morgan fingerprint density at radius 3 is 2.40 bits per heavy atom. The highest BCUT2D eigenvalue weighted by Gasteiger charge is 2.14. The van der Waals surface area contributed by atoms with E-state index in [-0.39, 0.29) is 24.8 Å². The molecule has 1 amide bonds. The zero-order valence-corrected chi connectivity index (χ0v) is 12.0. The monoisotopic (exact) mass is 278 g/mol. The van der Waals surface area contributed by atoms with Crippen LogP contribution < -0.4 is 5.32 Å². The number of benzene rings is 1. The van der Waals surface area contributed by atoms with Crippen LogP contribution in [-0.2, 0) is 9.59 Å². The van der Waals surface area contributed by atoms with Crippen LogP contribution in [0.1, 0.15) is 30.9 Å². The topological polar surface area (TPSA) is 69.6 Å². The maximum Gasteiger partial charge on any atom is 0.303 e. The summed E-state index contributed by atoms with van der Waals surface area (Å²) in [6.45, 7) is 0.517. The van der Waals surface area contributed by atoms with E-state index in [0.717, 1.165) is 5.56 Å². The quantitative estimate of drug-likeness (QED) is 0.759. The summed E-state index contributed by atoms with van der Waals surface area (Å²) in [4.78, 5) is 24.1. The summed E-state index contributed by atoms with van der Waals surface area (Å²) in [6.07, 6.45) is 0.656. The molecule has 0 spiro atoms. The second-order valence-electron chi connectivity index (χ2n) is 4.94. The highest BCUT2D eigenvalue weighted by Crippen LogP contribution is 2.16.